The van der Waals surface area contributed by atoms with E-state index in [2.05, 4.69) is 134 Å². The maximum atomic E-state index is 15.1. The molecule has 44 heteroatoms. The Morgan fingerprint density at radius 1 is 0.443 bits per heavy atom. The molecule has 29 nitrogen and oxygen atoms in total. The number of halogens is 11. The first-order valence-corrected chi connectivity index (χ1v) is 39.0. The van der Waals surface area contributed by atoms with Gasteiger partial charge in [-0.1, -0.05) is 73.4 Å². The van der Waals surface area contributed by atoms with Gasteiger partial charge in [-0.05, 0) is 112 Å². The van der Waals surface area contributed by atoms with Crippen LogP contribution in [0.5, 0.6) is 0 Å². The van der Waals surface area contributed by atoms with Crippen molar-refractivity contribution < 1.29 is 147 Å². The monoisotopic (exact) mass is 1880 g/mol. The number of aliphatic hydroxyl groups excluding tert-OH is 1. The molecule has 4 saturated heterocycles. The summed E-state index contributed by atoms with van der Waals surface area (Å²) >= 11 is 0. The third-order valence-electron chi connectivity index (χ3n) is 18.3. The number of hydrogen-bond donors (Lipinski definition) is 19. The van der Waals surface area contributed by atoms with Gasteiger partial charge in [-0.15, -0.1) is 57.4 Å². The van der Waals surface area contributed by atoms with E-state index in [-0.39, 0.29) is 201 Å². The Morgan fingerprint density at radius 2 is 0.913 bits per heavy atom. The topological polar surface area (TPSA) is 454 Å². The third-order valence-corrected chi connectivity index (χ3v) is 18.3. The SMILES string of the molecule is CC1CNC(CC(C)(C)C)CNC(C)CN(O)C(C(F)(F)F)CN1.CC1C[CH-]C(C(F)(F)F)CN(O)C(C)CNC(C(F)(F)C(C)(C)C)CNC(C(F)(F)F)CN1.CC1C[N-]C(N)C[N-]C(N)C[N-]C(N)C[N-]C(N)C[N-]C(NC(C)(C)C)CN1O.CC1C[N-]CC(N)C[N-]CC(N)CNCC(NC(C)(C)C)C[C@H](O)C1.[Zn+2].[Zn].[Zn].[Zn]. The van der Waals surface area contributed by atoms with Crippen LogP contribution in [0.15, 0.2) is 0 Å². The van der Waals surface area contributed by atoms with Crippen LogP contribution in [0.2, 0.25) is 0 Å². The minimum atomic E-state index is -4.77. The predicted octanol–water partition coefficient (Wildman–Crippen LogP) is 6.28. The van der Waals surface area contributed by atoms with Gasteiger partial charge in [0, 0.05) is 183 Å². The van der Waals surface area contributed by atoms with Crippen molar-refractivity contribution in [2.24, 2.45) is 57.1 Å². The van der Waals surface area contributed by atoms with Crippen LogP contribution >= 0.6 is 0 Å². The number of rotatable bonds is 4. The van der Waals surface area contributed by atoms with Crippen molar-refractivity contribution in [2.75, 3.05) is 131 Å². The van der Waals surface area contributed by atoms with Crippen LogP contribution in [0, 0.1) is 29.1 Å². The molecule has 0 aromatic carbocycles. The third kappa shape index (κ3) is 57.7. The molecule has 4 rings (SSSR count). The van der Waals surface area contributed by atoms with Crippen LogP contribution in [0.4, 0.5) is 48.3 Å². The van der Waals surface area contributed by atoms with Gasteiger partial charge in [0.2, 0.25) is 0 Å². The van der Waals surface area contributed by atoms with Crippen LogP contribution in [-0.2, 0) is 77.9 Å². The number of nitrogens with zero attached hydrogens (tertiary/aromatic N) is 10. The summed E-state index contributed by atoms with van der Waals surface area (Å²) in [5.74, 6) is -5.18. The molecule has 0 bridgehead atoms. The molecule has 0 aromatic heterocycles. The molecule has 672 valence electrons. The summed E-state index contributed by atoms with van der Waals surface area (Å²) in [6.45, 7) is 37.1. The Hall–Kier alpha value is 0.564. The normalized spacial score (nSPS) is 32.8. The molecule has 115 heavy (non-hydrogen) atoms. The minimum Gasteiger partial charge on any atom is -0.661 e. The number of hydroxylamine groups is 6. The summed E-state index contributed by atoms with van der Waals surface area (Å²) in [6.07, 6.45) is -13.5. The average Bonchev–Trinajstić information content (AvgIpc) is 1.77. The Morgan fingerprint density at radius 3 is 1.41 bits per heavy atom. The molecule has 4 aliphatic rings. The summed E-state index contributed by atoms with van der Waals surface area (Å²) < 4.78 is 150. The van der Waals surface area contributed by atoms with Gasteiger partial charge in [-0.3, -0.25) is 0 Å². The molecule has 4 aliphatic heterocycles. The van der Waals surface area contributed by atoms with Gasteiger partial charge < -0.3 is 147 Å². The molecule has 4 fully saturated rings. The van der Waals surface area contributed by atoms with E-state index < -0.39 is 110 Å². The fourth-order valence-corrected chi connectivity index (χ4v) is 12.0. The summed E-state index contributed by atoms with van der Waals surface area (Å²) in [5, 5.41) is 101. The van der Waals surface area contributed by atoms with E-state index in [0.29, 0.717) is 74.8 Å². The van der Waals surface area contributed by atoms with E-state index in [1.165, 1.54) is 39.7 Å². The number of hydrogen-bond acceptors (Lipinski definition) is 22. The zero-order valence-electron chi connectivity index (χ0n) is 72.3. The fourth-order valence-electron chi connectivity index (χ4n) is 12.0. The summed E-state index contributed by atoms with van der Waals surface area (Å²) in [6, 6.07) is -7.87. The van der Waals surface area contributed by atoms with E-state index in [0.717, 1.165) is 32.4 Å². The van der Waals surface area contributed by atoms with Crippen LogP contribution in [0.1, 0.15) is 150 Å². The second-order valence-corrected chi connectivity index (χ2v) is 35.1. The van der Waals surface area contributed by atoms with Gasteiger partial charge in [0.1, 0.15) is 12.1 Å². The van der Waals surface area contributed by atoms with E-state index in [1.807, 2.05) is 34.6 Å². The second kappa shape index (κ2) is 58.8. The first kappa shape index (κ1) is 122. The summed E-state index contributed by atoms with van der Waals surface area (Å²) in [7, 11) is 0. The number of nitrogens with one attached hydrogen (secondary N) is 9. The summed E-state index contributed by atoms with van der Waals surface area (Å²) in [4.78, 5) is 0. The fraction of sp³-hybridized carbons (Fsp3) is 0.986. The number of nitrogens with two attached hydrogens (primary N) is 6. The zero-order chi connectivity index (χ0) is 85.3. The van der Waals surface area contributed by atoms with Crippen molar-refractivity contribution >= 4 is 0 Å². The van der Waals surface area contributed by atoms with Crippen molar-refractivity contribution in [3.05, 3.63) is 43.6 Å². The Labute approximate surface area is 732 Å². The van der Waals surface area contributed by atoms with E-state index in [9.17, 15) is 60.2 Å². The van der Waals surface area contributed by atoms with Gasteiger partial charge in [0.25, 0.3) is 5.92 Å². The largest absolute Gasteiger partial charge is 2.00 e. The molecular formula is C71H148F11N25O4Zn4-6. The second-order valence-electron chi connectivity index (χ2n) is 35.1. The van der Waals surface area contributed by atoms with E-state index >= 15 is 8.78 Å². The molecule has 0 aliphatic carbocycles. The van der Waals surface area contributed by atoms with Crippen LogP contribution in [-0.4, -0.2) is 312 Å². The van der Waals surface area contributed by atoms with Crippen molar-refractivity contribution in [1.82, 2.24) is 63.0 Å². The van der Waals surface area contributed by atoms with E-state index in [1.54, 1.807) is 6.92 Å². The maximum Gasteiger partial charge on any atom is 2.00 e. The van der Waals surface area contributed by atoms with Gasteiger partial charge in [0.15, 0.2) is 0 Å². The Balaban J connectivity index is -0.000000711. The van der Waals surface area contributed by atoms with Crippen molar-refractivity contribution in [1.29, 1.82) is 0 Å². The zero-order valence-corrected chi connectivity index (χ0v) is 84.2. The minimum absolute atomic E-state index is 0. The Kier molecular flexibility index (Phi) is 62.3. The molecule has 4 heterocycles. The van der Waals surface area contributed by atoms with E-state index in [4.69, 9.17) is 34.4 Å². The van der Waals surface area contributed by atoms with Crippen LogP contribution < -0.4 is 82.3 Å². The van der Waals surface area contributed by atoms with Crippen LogP contribution in [0.25, 0.3) is 37.2 Å². The predicted molar refractivity (Wildman–Crippen MR) is 421 cm³/mol. The average molecular weight is 1890 g/mol. The van der Waals surface area contributed by atoms with Gasteiger partial charge in [0.05, 0.1) is 12.1 Å². The quantitative estimate of drug-likeness (QED) is 0.0836. The molecule has 0 amide bonds. The van der Waals surface area contributed by atoms with Gasteiger partial charge in [-0.25, -0.2) is 8.78 Å². The standard InChI is InChI=1S/C20H35F8N4O.C18H40N6O.C17H40N11O.C16H33F3N4O.4Zn/c1-12-6-7-14(19(23,24)25)11-32(33)13(2)8-30-15(18(21,22)17(3,4)5)9-31-16(10-29-12)20(26,27)28;1-13-5-17(25)6-16(24-18(2,3)4)12-23-11-15(20)10-22-9-14(19)8-21-7-13;1-11-5-22-12(18)6-23-13(19)7-24-14(20)8-25-15(21)9-26-16(10-28(11)29)27-17(2,3)4;1-11-7-22-13(6-15(3,4)5)8-20-12(2)10-23(24)14(9-21-11)16(17,18)19;;;;/h7,12-16,29-31,33H,6,8-11H2,1-5H3;13-17,23-25H,5-12,19-20H2,1-4H3;11-16,27,29H,5-10,18-21H2,1-4H3;11-14,20-22,24H,6-10H2,1-5H3;;;;/q-1;-2;-5;;;;;+2/t;13?,14?,15?,16?,17-;;;;;;/m.1....../s1. The Bertz CT molecular complexity index is 2420. The first-order chi connectivity index (χ1) is 50.8. The number of aliphatic hydroxyl groups is 1. The maximum absolute atomic E-state index is 15.1. The first-order valence-electron chi connectivity index (χ1n) is 39.0. The molecule has 25 N–H and O–H groups in total. The molecular weight excluding hydrogens is 1740 g/mol. The number of alkyl halides is 11. The van der Waals surface area contributed by atoms with Crippen molar-refractivity contribution in [3.8, 4) is 0 Å². The molecule has 0 saturated carbocycles. The molecule has 19 unspecified atom stereocenters. The molecule has 20 atom stereocenters. The smallest absolute Gasteiger partial charge is 0.661 e. The molecule has 0 aromatic rings. The van der Waals surface area contributed by atoms with Crippen molar-refractivity contribution in [2.45, 2.75) is 295 Å². The van der Waals surface area contributed by atoms with Gasteiger partial charge >= 0.3 is 38.0 Å². The molecule has 0 spiro atoms. The van der Waals surface area contributed by atoms with Gasteiger partial charge in [-0.2, -0.15) is 87.3 Å². The van der Waals surface area contributed by atoms with Crippen LogP contribution in [0.3, 0.4) is 0 Å². The molecule has 0 radical (unpaired) electrons. The summed E-state index contributed by atoms with van der Waals surface area (Å²) in [5.41, 5.74) is 34.4. The van der Waals surface area contributed by atoms with Crippen molar-refractivity contribution in [3.63, 3.8) is 0 Å².